The Kier molecular flexibility index (Phi) is 5.70. The second-order valence-electron chi connectivity index (χ2n) is 5.02. The molecule has 5 nitrogen and oxygen atoms in total. The molecule has 0 aromatic rings. The summed E-state index contributed by atoms with van der Waals surface area (Å²) in [6.07, 6.45) is 4.96. The summed E-state index contributed by atoms with van der Waals surface area (Å²) < 4.78 is 0. The minimum Gasteiger partial charge on any atom is -0.480 e. The van der Waals surface area contributed by atoms with E-state index in [1.807, 2.05) is 5.97 Å². The van der Waals surface area contributed by atoms with Crippen molar-refractivity contribution in [2.75, 3.05) is 0 Å². The molecule has 0 spiro atoms. The Labute approximate surface area is 108 Å². The van der Waals surface area contributed by atoms with Crippen molar-refractivity contribution in [3.63, 3.8) is 0 Å². The molecule has 1 amide bonds. The highest BCUT2D eigenvalue weighted by Gasteiger charge is 2.31. The first-order valence-corrected chi connectivity index (χ1v) is 6.46. The Morgan fingerprint density at radius 3 is 2.56 bits per heavy atom. The smallest absolute Gasteiger partial charge is 0.326 e. The predicted octanol–water partition coefficient (Wildman–Crippen LogP) is 1.32. The topological polar surface area (TPSA) is 90.2 Å². The summed E-state index contributed by atoms with van der Waals surface area (Å²) in [6.45, 7) is 1.27. The van der Waals surface area contributed by atoms with Gasteiger partial charge < -0.3 is 10.4 Å². The summed E-state index contributed by atoms with van der Waals surface area (Å²) in [4.78, 5) is 22.9. The molecule has 18 heavy (non-hydrogen) atoms. The molecular weight excluding hydrogens is 231 g/mol. The number of hydrogen-bond donors (Lipinski definition) is 2. The van der Waals surface area contributed by atoms with Gasteiger partial charge in [-0.15, -0.1) is 0 Å². The number of nitrogens with one attached hydrogen (secondary N) is 1. The molecule has 0 radical (unpaired) electrons. The summed E-state index contributed by atoms with van der Waals surface area (Å²) >= 11 is 0. The van der Waals surface area contributed by atoms with Gasteiger partial charge in [-0.25, -0.2) is 10.1 Å². The fourth-order valence-electron chi connectivity index (χ4n) is 2.40. The minimum atomic E-state index is -0.972. The normalized spacial score (nSPS) is 17.6. The van der Waals surface area contributed by atoms with Gasteiger partial charge in [0, 0.05) is 12.3 Å². The van der Waals surface area contributed by atoms with Crippen LogP contribution in [0.2, 0.25) is 13.1 Å². The van der Waals surface area contributed by atoms with Gasteiger partial charge in [-0.1, -0.05) is 26.1 Å². The van der Waals surface area contributed by atoms with Crippen LogP contribution in [0.4, 0.5) is 0 Å². The molecule has 1 fully saturated rings. The molecule has 98 valence electrons. The first-order chi connectivity index (χ1) is 8.54. The van der Waals surface area contributed by atoms with E-state index < -0.39 is 12.0 Å². The van der Waals surface area contributed by atoms with Crippen LogP contribution < -0.4 is 5.32 Å². The lowest BCUT2D eigenvalue weighted by Crippen LogP contribution is -2.47. The Morgan fingerprint density at radius 1 is 1.44 bits per heavy atom. The maximum absolute atomic E-state index is 11.6. The zero-order chi connectivity index (χ0) is 13.5. The number of carbonyl (C=O) groups is 2. The molecule has 1 saturated carbocycles. The number of carbonyl (C=O) groups excluding carboxylic acids is 1. The van der Waals surface area contributed by atoms with Gasteiger partial charge in [0.15, 0.2) is 0 Å². The molecule has 0 heterocycles. The number of nitriles is 1. The van der Waals surface area contributed by atoms with Gasteiger partial charge in [-0.3, -0.25) is 4.79 Å². The number of hydrogen-bond acceptors (Lipinski definition) is 3. The molecule has 1 atom stereocenters. The van der Waals surface area contributed by atoms with Crippen molar-refractivity contribution < 1.29 is 14.7 Å². The average molecular weight is 250 g/mol. The first-order valence-electron chi connectivity index (χ1n) is 6.46. The van der Waals surface area contributed by atoms with Crippen LogP contribution in [0.15, 0.2) is 0 Å². The molecule has 0 saturated heterocycles. The van der Waals surface area contributed by atoms with E-state index in [1.165, 1.54) is 0 Å². The third kappa shape index (κ3) is 4.40. The fraction of sp³-hybridized carbons (Fsp3) is 0.750. The van der Waals surface area contributed by atoms with Gasteiger partial charge in [0.25, 0.3) is 6.71 Å². The molecule has 1 aliphatic rings. The van der Waals surface area contributed by atoms with Gasteiger partial charge in [-0.2, -0.15) is 0 Å². The van der Waals surface area contributed by atoms with E-state index in [2.05, 4.69) is 5.32 Å². The molecule has 0 aromatic carbocycles. The lowest BCUT2D eigenvalue weighted by atomic mass is 9.51. The molecule has 1 aliphatic carbocycles. The van der Waals surface area contributed by atoms with Gasteiger partial charge >= 0.3 is 5.97 Å². The van der Waals surface area contributed by atoms with Crippen LogP contribution in [-0.4, -0.2) is 29.7 Å². The van der Waals surface area contributed by atoms with Gasteiger partial charge in [0.1, 0.15) is 6.04 Å². The molecule has 2 N–H and O–H groups in total. The van der Waals surface area contributed by atoms with Crippen molar-refractivity contribution >= 4 is 18.6 Å². The second kappa shape index (κ2) is 7.05. The number of aliphatic carboxylic acids is 1. The number of carboxylic acids is 1. The molecule has 0 aliphatic heterocycles. The van der Waals surface area contributed by atoms with Crippen LogP contribution >= 0.6 is 0 Å². The zero-order valence-electron chi connectivity index (χ0n) is 10.7. The largest absolute Gasteiger partial charge is 0.480 e. The summed E-state index contributed by atoms with van der Waals surface area (Å²) in [5.41, 5.74) is 0. The van der Waals surface area contributed by atoms with Crippen molar-refractivity contribution in [3.05, 3.63) is 0 Å². The maximum Gasteiger partial charge on any atom is 0.326 e. The summed E-state index contributed by atoms with van der Waals surface area (Å²) in [5, 5.41) is 20.4. The van der Waals surface area contributed by atoms with E-state index in [9.17, 15) is 14.7 Å². The summed E-state index contributed by atoms with van der Waals surface area (Å²) in [5.74, 6) is 0.677. The third-order valence-corrected chi connectivity index (χ3v) is 3.42. The Bertz CT molecular complexity index is 348. The first kappa shape index (κ1) is 14.6. The van der Waals surface area contributed by atoms with E-state index in [4.69, 9.17) is 5.26 Å². The Balaban J connectivity index is 2.54. The number of nitrogens with zero attached hydrogens (tertiary/aromatic N) is 1. The van der Waals surface area contributed by atoms with E-state index >= 15 is 0 Å². The highest BCUT2D eigenvalue weighted by Crippen LogP contribution is 2.26. The number of rotatable bonds is 5. The van der Waals surface area contributed by atoms with Gasteiger partial charge in [0.05, 0.1) is 0 Å². The van der Waals surface area contributed by atoms with Crippen LogP contribution in [-0.2, 0) is 9.59 Å². The Hall–Kier alpha value is -1.51. The molecule has 6 heteroatoms. The lowest BCUT2D eigenvalue weighted by molar-refractivity contribution is -0.143. The highest BCUT2D eigenvalue weighted by molar-refractivity contribution is 6.68. The number of amides is 1. The molecular formula is C12H19BN2O3. The van der Waals surface area contributed by atoms with Crippen LogP contribution in [0.1, 0.15) is 32.1 Å². The van der Waals surface area contributed by atoms with E-state index in [0.717, 1.165) is 32.1 Å². The molecule has 1 rings (SSSR count). The molecule has 0 aromatic heterocycles. The monoisotopic (exact) mass is 250 g/mol. The zero-order valence-corrected chi connectivity index (χ0v) is 10.7. The number of carboxylic acid groups (broad SMARTS) is 1. The van der Waals surface area contributed by atoms with Crippen LogP contribution in [0, 0.1) is 17.1 Å². The van der Waals surface area contributed by atoms with E-state index in [1.54, 1.807) is 6.82 Å². The average Bonchev–Trinajstić information content (AvgIpc) is 2.36. The van der Waals surface area contributed by atoms with Crippen molar-refractivity contribution in [1.29, 1.82) is 5.26 Å². The van der Waals surface area contributed by atoms with Crippen LogP contribution in [0.3, 0.4) is 0 Å². The van der Waals surface area contributed by atoms with Crippen molar-refractivity contribution in [2.45, 2.75) is 51.3 Å². The molecule has 1 unspecified atom stereocenters. The summed E-state index contributed by atoms with van der Waals surface area (Å²) in [7, 11) is 0. The van der Waals surface area contributed by atoms with Gasteiger partial charge in [-0.05, 0) is 18.8 Å². The quantitative estimate of drug-likeness (QED) is 0.720. The van der Waals surface area contributed by atoms with Crippen molar-refractivity contribution in [3.8, 4) is 5.97 Å². The van der Waals surface area contributed by atoms with Crippen LogP contribution in [0.25, 0.3) is 0 Å². The highest BCUT2D eigenvalue weighted by atomic mass is 16.4. The van der Waals surface area contributed by atoms with Crippen LogP contribution in [0.5, 0.6) is 0 Å². The van der Waals surface area contributed by atoms with Gasteiger partial charge in [0.2, 0.25) is 5.91 Å². The summed E-state index contributed by atoms with van der Waals surface area (Å²) in [6, 6.07) is -0.802. The minimum absolute atomic E-state index is 0.0255. The third-order valence-electron chi connectivity index (χ3n) is 3.42. The SMILES string of the molecule is CB(C#N)CC(=O)NC(C(=O)O)C1CCCCC1. The van der Waals surface area contributed by atoms with Crippen molar-refractivity contribution in [2.24, 2.45) is 5.92 Å². The second-order valence-corrected chi connectivity index (χ2v) is 5.02. The lowest BCUT2D eigenvalue weighted by Gasteiger charge is -2.28. The molecule has 0 bridgehead atoms. The fourth-order valence-corrected chi connectivity index (χ4v) is 2.40. The maximum atomic E-state index is 11.6. The van der Waals surface area contributed by atoms with E-state index in [0.29, 0.717) is 0 Å². The Morgan fingerprint density at radius 2 is 2.06 bits per heavy atom. The van der Waals surface area contributed by atoms with E-state index in [-0.39, 0.29) is 24.9 Å². The predicted molar refractivity (Wildman–Crippen MR) is 68.2 cm³/mol. The standard InChI is InChI=1S/C12H19BN2O3/c1-13(8-14)7-10(16)15-11(12(17)18)9-5-3-2-4-6-9/h9,11H,2-7H2,1H3,(H,15,16)(H,17,18). The van der Waals surface area contributed by atoms with Crippen molar-refractivity contribution in [1.82, 2.24) is 5.32 Å².